The van der Waals surface area contributed by atoms with Crippen LogP contribution in [0.4, 0.5) is 5.82 Å². The van der Waals surface area contributed by atoms with Gasteiger partial charge in [0.2, 0.25) is 0 Å². The van der Waals surface area contributed by atoms with Gasteiger partial charge < -0.3 is 5.32 Å². The Hall–Kier alpha value is -1.90. The van der Waals surface area contributed by atoms with Crippen molar-refractivity contribution in [2.45, 2.75) is 39.5 Å². The van der Waals surface area contributed by atoms with Crippen molar-refractivity contribution >= 4 is 5.82 Å². The fraction of sp³-hybridized carbons (Fsp3) is 0.412. The summed E-state index contributed by atoms with van der Waals surface area (Å²) in [5.74, 6) is 2.32. The van der Waals surface area contributed by atoms with Crippen LogP contribution in [-0.4, -0.2) is 17.0 Å². The second-order valence-electron chi connectivity index (χ2n) is 5.38. The molecule has 2 rings (SSSR count). The number of aromatic nitrogens is 2. The zero-order chi connectivity index (χ0) is 14.5. The highest BCUT2D eigenvalue weighted by molar-refractivity contribution is 5.47. The molecule has 20 heavy (non-hydrogen) atoms. The van der Waals surface area contributed by atoms with Gasteiger partial charge in [0, 0.05) is 24.7 Å². The van der Waals surface area contributed by atoms with Crippen LogP contribution in [0.15, 0.2) is 30.3 Å². The first-order chi connectivity index (χ1) is 9.61. The summed E-state index contributed by atoms with van der Waals surface area (Å²) in [6.07, 6.45) is 1.85. The molecule has 0 aliphatic carbocycles. The van der Waals surface area contributed by atoms with E-state index < -0.39 is 0 Å². The van der Waals surface area contributed by atoms with Crippen LogP contribution < -0.4 is 5.32 Å². The lowest BCUT2D eigenvalue weighted by Crippen LogP contribution is -2.09. The van der Waals surface area contributed by atoms with Crippen molar-refractivity contribution < 1.29 is 0 Å². The maximum absolute atomic E-state index is 4.67. The van der Waals surface area contributed by atoms with Gasteiger partial charge in [-0.3, -0.25) is 0 Å². The molecule has 2 aromatic rings. The van der Waals surface area contributed by atoms with E-state index in [4.69, 9.17) is 0 Å². The predicted molar refractivity (Wildman–Crippen MR) is 84.3 cm³/mol. The molecule has 0 saturated heterocycles. The SMILES string of the molecule is CNc1nc(CCc2ccccc2)nc(C)c1C(C)C. The van der Waals surface area contributed by atoms with Crippen LogP contribution in [0.25, 0.3) is 0 Å². The van der Waals surface area contributed by atoms with Gasteiger partial charge >= 0.3 is 0 Å². The second kappa shape index (κ2) is 6.51. The van der Waals surface area contributed by atoms with Crippen molar-refractivity contribution in [3.63, 3.8) is 0 Å². The van der Waals surface area contributed by atoms with Crippen molar-refractivity contribution in [1.29, 1.82) is 0 Å². The first-order valence-electron chi connectivity index (χ1n) is 7.21. The van der Waals surface area contributed by atoms with Crippen molar-refractivity contribution in [1.82, 2.24) is 9.97 Å². The molecule has 0 aliphatic rings. The molecule has 0 unspecified atom stereocenters. The molecule has 1 N–H and O–H groups in total. The minimum Gasteiger partial charge on any atom is -0.373 e. The molecular formula is C17H23N3. The summed E-state index contributed by atoms with van der Waals surface area (Å²) in [4.78, 5) is 9.33. The number of nitrogens with one attached hydrogen (secondary N) is 1. The lowest BCUT2D eigenvalue weighted by atomic mass is 10.0. The number of aryl methyl sites for hydroxylation is 3. The third-order valence-corrected chi connectivity index (χ3v) is 3.48. The number of anilines is 1. The molecule has 0 bridgehead atoms. The fourth-order valence-electron chi connectivity index (χ4n) is 2.53. The fourth-order valence-corrected chi connectivity index (χ4v) is 2.53. The number of hydrogen-bond acceptors (Lipinski definition) is 3. The van der Waals surface area contributed by atoms with Crippen molar-refractivity contribution in [2.24, 2.45) is 0 Å². The van der Waals surface area contributed by atoms with Gasteiger partial charge in [-0.1, -0.05) is 44.2 Å². The average molecular weight is 269 g/mol. The van der Waals surface area contributed by atoms with E-state index in [1.807, 2.05) is 13.1 Å². The summed E-state index contributed by atoms with van der Waals surface area (Å²) in [6, 6.07) is 10.5. The molecule has 0 aliphatic heterocycles. The molecule has 0 amide bonds. The standard InChI is InChI=1S/C17H23N3/c1-12(2)16-13(3)19-15(20-17(16)18-4)11-10-14-8-6-5-7-9-14/h5-9,12H,10-11H2,1-4H3,(H,18,19,20). The van der Waals surface area contributed by atoms with E-state index in [1.165, 1.54) is 11.1 Å². The van der Waals surface area contributed by atoms with Gasteiger partial charge in [0.25, 0.3) is 0 Å². The topological polar surface area (TPSA) is 37.8 Å². The first kappa shape index (κ1) is 14.5. The van der Waals surface area contributed by atoms with Gasteiger partial charge in [-0.15, -0.1) is 0 Å². The maximum atomic E-state index is 4.67. The van der Waals surface area contributed by atoms with Crippen LogP contribution in [0, 0.1) is 6.92 Å². The Bertz CT molecular complexity index is 562. The molecule has 1 heterocycles. The summed E-state index contributed by atoms with van der Waals surface area (Å²) in [7, 11) is 1.93. The van der Waals surface area contributed by atoms with E-state index in [0.29, 0.717) is 5.92 Å². The van der Waals surface area contributed by atoms with E-state index in [2.05, 4.69) is 60.3 Å². The van der Waals surface area contributed by atoms with Crippen molar-refractivity contribution in [3.05, 3.63) is 53.0 Å². The third-order valence-electron chi connectivity index (χ3n) is 3.48. The summed E-state index contributed by atoms with van der Waals surface area (Å²) in [6.45, 7) is 6.43. The smallest absolute Gasteiger partial charge is 0.133 e. The summed E-state index contributed by atoms with van der Waals surface area (Å²) in [5.41, 5.74) is 3.63. The molecule has 1 aromatic carbocycles. The van der Waals surface area contributed by atoms with Gasteiger partial charge in [-0.2, -0.15) is 0 Å². The Morgan fingerprint density at radius 1 is 1.05 bits per heavy atom. The van der Waals surface area contributed by atoms with E-state index in [1.54, 1.807) is 0 Å². The molecule has 3 heteroatoms. The van der Waals surface area contributed by atoms with Crippen LogP contribution >= 0.6 is 0 Å². The molecule has 106 valence electrons. The summed E-state index contributed by atoms with van der Waals surface area (Å²) >= 11 is 0. The summed E-state index contributed by atoms with van der Waals surface area (Å²) in [5, 5.41) is 3.21. The van der Waals surface area contributed by atoms with Gasteiger partial charge in [0.15, 0.2) is 0 Å². The Balaban J connectivity index is 2.19. The number of rotatable bonds is 5. The van der Waals surface area contributed by atoms with E-state index in [-0.39, 0.29) is 0 Å². The number of benzene rings is 1. The van der Waals surface area contributed by atoms with Crippen LogP contribution in [0.2, 0.25) is 0 Å². The maximum Gasteiger partial charge on any atom is 0.133 e. The van der Waals surface area contributed by atoms with E-state index in [0.717, 1.165) is 30.2 Å². The molecule has 0 spiro atoms. The largest absolute Gasteiger partial charge is 0.373 e. The molecule has 0 atom stereocenters. The number of nitrogens with zero attached hydrogens (tertiary/aromatic N) is 2. The first-order valence-corrected chi connectivity index (χ1v) is 7.21. The monoisotopic (exact) mass is 269 g/mol. The lowest BCUT2D eigenvalue weighted by molar-refractivity contribution is 0.792. The molecule has 0 radical (unpaired) electrons. The highest BCUT2D eigenvalue weighted by Crippen LogP contribution is 2.25. The molecule has 0 saturated carbocycles. The Labute approximate surface area is 121 Å². The zero-order valence-electron chi connectivity index (χ0n) is 12.8. The second-order valence-corrected chi connectivity index (χ2v) is 5.38. The van der Waals surface area contributed by atoms with Crippen molar-refractivity contribution in [3.8, 4) is 0 Å². The van der Waals surface area contributed by atoms with Gasteiger partial charge in [0.05, 0.1) is 0 Å². The molecule has 0 fully saturated rings. The van der Waals surface area contributed by atoms with E-state index >= 15 is 0 Å². The average Bonchev–Trinajstić information content (AvgIpc) is 2.45. The van der Waals surface area contributed by atoms with Crippen LogP contribution in [0.3, 0.4) is 0 Å². The van der Waals surface area contributed by atoms with Gasteiger partial charge in [-0.05, 0) is 24.8 Å². The lowest BCUT2D eigenvalue weighted by Gasteiger charge is -2.15. The normalized spacial score (nSPS) is 10.8. The molecule has 3 nitrogen and oxygen atoms in total. The highest BCUT2D eigenvalue weighted by atomic mass is 15.0. The zero-order valence-corrected chi connectivity index (χ0v) is 12.8. The van der Waals surface area contributed by atoms with Crippen LogP contribution in [0.5, 0.6) is 0 Å². The molecular weight excluding hydrogens is 246 g/mol. The summed E-state index contributed by atoms with van der Waals surface area (Å²) < 4.78 is 0. The Morgan fingerprint density at radius 2 is 1.75 bits per heavy atom. The van der Waals surface area contributed by atoms with E-state index in [9.17, 15) is 0 Å². The molecule has 1 aromatic heterocycles. The predicted octanol–water partition coefficient (Wildman–Crippen LogP) is 3.74. The number of hydrogen-bond donors (Lipinski definition) is 1. The Morgan fingerprint density at radius 3 is 2.35 bits per heavy atom. The van der Waals surface area contributed by atoms with Crippen LogP contribution in [0.1, 0.15) is 42.4 Å². The quantitative estimate of drug-likeness (QED) is 0.898. The van der Waals surface area contributed by atoms with Gasteiger partial charge in [0.1, 0.15) is 11.6 Å². The third kappa shape index (κ3) is 3.35. The van der Waals surface area contributed by atoms with Crippen LogP contribution in [-0.2, 0) is 12.8 Å². The highest BCUT2D eigenvalue weighted by Gasteiger charge is 2.13. The minimum absolute atomic E-state index is 0.431. The Kier molecular flexibility index (Phi) is 4.72. The van der Waals surface area contributed by atoms with Gasteiger partial charge in [-0.25, -0.2) is 9.97 Å². The van der Waals surface area contributed by atoms with Crippen molar-refractivity contribution in [2.75, 3.05) is 12.4 Å². The minimum atomic E-state index is 0.431.